The second-order valence-corrected chi connectivity index (χ2v) is 6.20. The van der Waals surface area contributed by atoms with Gasteiger partial charge in [-0.25, -0.2) is 0 Å². The monoisotopic (exact) mass is 410 g/mol. The lowest BCUT2D eigenvalue weighted by molar-refractivity contribution is 0.370. The van der Waals surface area contributed by atoms with E-state index in [2.05, 4.69) is 32.4 Å². The molecule has 0 amide bonds. The van der Waals surface area contributed by atoms with E-state index >= 15 is 0 Å². The van der Waals surface area contributed by atoms with Crippen molar-refractivity contribution >= 4 is 45.3 Å². The van der Waals surface area contributed by atoms with Crippen LogP contribution in [0.1, 0.15) is 11.1 Å². The Balaban J connectivity index is 2.06. The zero-order valence-electron chi connectivity index (χ0n) is 12.0. The van der Waals surface area contributed by atoms with E-state index in [0.717, 1.165) is 15.6 Å². The Morgan fingerprint density at radius 3 is 2.70 bits per heavy atom. The molecule has 2 rings (SSSR count). The van der Waals surface area contributed by atoms with E-state index in [9.17, 15) is 0 Å². The van der Waals surface area contributed by atoms with Gasteiger partial charge in [0.1, 0.15) is 12.4 Å². The molecule has 0 radical (unpaired) electrons. The van der Waals surface area contributed by atoms with Gasteiger partial charge in [0.05, 0.1) is 12.8 Å². The minimum absolute atomic E-state index is 0.200. The van der Waals surface area contributed by atoms with E-state index < -0.39 is 0 Å². The normalized spacial score (nSPS) is 10.5. The Kier molecular flexibility index (Phi) is 6.79. The number of halogens is 3. The molecule has 3 nitrogen and oxygen atoms in total. The van der Waals surface area contributed by atoms with Crippen LogP contribution in [0, 0.1) is 12.3 Å². The fraction of sp³-hybridized carbons (Fsp3) is 0.118. The highest BCUT2D eigenvalue weighted by molar-refractivity contribution is 9.10. The van der Waals surface area contributed by atoms with Gasteiger partial charge in [0.25, 0.3) is 0 Å². The standard InChI is InChI=1S/C17H13BrCl2N2O/c1-2-8-23-17-7-6-13(18)9-12(17)10-21-22-11-14-15(19)4-3-5-16(14)20/h1,3-7,9-10,22H,8,11H2/b21-10+. The second kappa shape index (κ2) is 8.83. The maximum absolute atomic E-state index is 6.11. The van der Waals surface area contributed by atoms with Crippen LogP contribution in [-0.4, -0.2) is 12.8 Å². The van der Waals surface area contributed by atoms with Crippen LogP contribution in [0.2, 0.25) is 10.0 Å². The lowest BCUT2D eigenvalue weighted by atomic mass is 10.2. The summed E-state index contributed by atoms with van der Waals surface area (Å²) in [5.41, 5.74) is 4.52. The third-order valence-corrected chi connectivity index (χ3v) is 4.10. The first-order valence-electron chi connectivity index (χ1n) is 6.66. The topological polar surface area (TPSA) is 33.6 Å². The number of hydrogen-bond acceptors (Lipinski definition) is 3. The van der Waals surface area contributed by atoms with Crippen molar-refractivity contribution in [2.24, 2.45) is 5.10 Å². The summed E-state index contributed by atoms with van der Waals surface area (Å²) in [6.45, 7) is 0.620. The molecule has 1 N–H and O–H groups in total. The fourth-order valence-corrected chi connectivity index (χ4v) is 2.72. The van der Waals surface area contributed by atoms with Crippen molar-refractivity contribution in [3.8, 4) is 18.1 Å². The largest absolute Gasteiger partial charge is 0.480 e. The minimum atomic E-state index is 0.200. The summed E-state index contributed by atoms with van der Waals surface area (Å²) >= 11 is 15.6. The number of terminal acetylenes is 1. The van der Waals surface area contributed by atoms with Gasteiger partial charge in [0.2, 0.25) is 0 Å². The Labute approximate surface area is 153 Å². The first-order valence-corrected chi connectivity index (χ1v) is 8.21. The van der Waals surface area contributed by atoms with Gasteiger partial charge in [-0.3, -0.25) is 0 Å². The quantitative estimate of drug-likeness (QED) is 0.417. The molecule has 0 heterocycles. The van der Waals surface area contributed by atoms with Crippen LogP contribution >= 0.6 is 39.1 Å². The van der Waals surface area contributed by atoms with Crippen LogP contribution in [0.5, 0.6) is 5.75 Å². The maximum Gasteiger partial charge on any atom is 0.148 e. The van der Waals surface area contributed by atoms with E-state index in [1.165, 1.54) is 0 Å². The average Bonchev–Trinajstić information content (AvgIpc) is 2.53. The van der Waals surface area contributed by atoms with Crippen LogP contribution in [0.15, 0.2) is 46.0 Å². The molecular weight excluding hydrogens is 399 g/mol. The molecule has 0 bridgehead atoms. The molecular formula is C17H13BrCl2N2O. The summed E-state index contributed by atoms with van der Waals surface area (Å²) in [6.07, 6.45) is 6.87. The highest BCUT2D eigenvalue weighted by atomic mass is 79.9. The highest BCUT2D eigenvalue weighted by Gasteiger charge is 2.05. The molecule has 6 heteroatoms. The van der Waals surface area contributed by atoms with Crippen molar-refractivity contribution in [1.29, 1.82) is 0 Å². The van der Waals surface area contributed by atoms with Gasteiger partial charge in [-0.2, -0.15) is 5.10 Å². The van der Waals surface area contributed by atoms with E-state index in [4.69, 9.17) is 34.4 Å². The summed E-state index contributed by atoms with van der Waals surface area (Å²) in [5.74, 6) is 3.10. The molecule has 0 spiro atoms. The van der Waals surface area contributed by atoms with Crippen molar-refractivity contribution in [3.63, 3.8) is 0 Å². The fourth-order valence-electron chi connectivity index (χ4n) is 1.81. The molecule has 2 aromatic rings. The summed E-state index contributed by atoms with van der Waals surface area (Å²) in [5, 5.41) is 5.38. The Bertz CT molecular complexity index is 736. The first-order chi connectivity index (χ1) is 11.1. The van der Waals surface area contributed by atoms with E-state index in [1.807, 2.05) is 18.2 Å². The molecule has 0 unspecified atom stereocenters. The van der Waals surface area contributed by atoms with Gasteiger partial charge in [0.15, 0.2) is 0 Å². The summed E-state index contributed by atoms with van der Waals surface area (Å²) < 4.78 is 6.39. The van der Waals surface area contributed by atoms with Gasteiger partial charge in [0, 0.05) is 25.6 Å². The molecule has 0 aromatic heterocycles. The first kappa shape index (κ1) is 17.7. The van der Waals surface area contributed by atoms with Gasteiger partial charge >= 0.3 is 0 Å². The predicted octanol–water partition coefficient (Wildman–Crippen LogP) is 4.89. The van der Waals surface area contributed by atoms with Crippen LogP contribution in [0.3, 0.4) is 0 Å². The molecule has 23 heavy (non-hydrogen) atoms. The Morgan fingerprint density at radius 1 is 1.26 bits per heavy atom. The molecule has 0 saturated carbocycles. The van der Waals surface area contributed by atoms with Crippen molar-refractivity contribution in [2.45, 2.75) is 6.54 Å². The number of nitrogens with zero attached hydrogens (tertiary/aromatic N) is 1. The third kappa shape index (κ3) is 5.18. The lowest BCUT2D eigenvalue weighted by Crippen LogP contribution is -2.07. The van der Waals surface area contributed by atoms with Crippen molar-refractivity contribution in [2.75, 3.05) is 6.61 Å². The molecule has 2 aromatic carbocycles. The lowest BCUT2D eigenvalue weighted by Gasteiger charge is -2.08. The van der Waals surface area contributed by atoms with Gasteiger partial charge in [-0.1, -0.05) is 51.1 Å². The van der Waals surface area contributed by atoms with Gasteiger partial charge in [-0.05, 0) is 30.3 Å². The Hall–Kier alpha value is -1.67. The number of benzene rings is 2. The minimum Gasteiger partial charge on any atom is -0.480 e. The highest BCUT2D eigenvalue weighted by Crippen LogP contribution is 2.24. The smallest absolute Gasteiger partial charge is 0.148 e. The maximum atomic E-state index is 6.11. The number of hydrogen-bond donors (Lipinski definition) is 1. The third-order valence-electron chi connectivity index (χ3n) is 2.90. The molecule has 118 valence electrons. The van der Waals surface area contributed by atoms with Crippen LogP contribution in [0.4, 0.5) is 0 Å². The van der Waals surface area contributed by atoms with Crippen LogP contribution < -0.4 is 10.2 Å². The summed E-state index contributed by atoms with van der Waals surface area (Å²) in [6, 6.07) is 11.0. The van der Waals surface area contributed by atoms with Gasteiger partial charge < -0.3 is 10.2 Å². The van der Waals surface area contributed by atoms with Crippen molar-refractivity contribution < 1.29 is 4.74 Å². The van der Waals surface area contributed by atoms with E-state index in [0.29, 0.717) is 22.3 Å². The van der Waals surface area contributed by atoms with Crippen molar-refractivity contribution in [1.82, 2.24) is 5.43 Å². The summed E-state index contributed by atoms with van der Waals surface area (Å²) in [4.78, 5) is 0. The number of rotatable bonds is 6. The number of nitrogens with one attached hydrogen (secondary N) is 1. The number of hydrazone groups is 1. The van der Waals surface area contributed by atoms with Crippen LogP contribution in [-0.2, 0) is 6.54 Å². The number of ether oxygens (including phenoxy) is 1. The molecule has 0 saturated heterocycles. The second-order valence-electron chi connectivity index (χ2n) is 4.47. The molecule has 0 fully saturated rings. The predicted molar refractivity (Wildman–Crippen MR) is 99.4 cm³/mol. The zero-order valence-corrected chi connectivity index (χ0v) is 15.1. The van der Waals surface area contributed by atoms with E-state index in [1.54, 1.807) is 24.4 Å². The zero-order chi connectivity index (χ0) is 16.7. The summed E-state index contributed by atoms with van der Waals surface area (Å²) in [7, 11) is 0. The molecule has 0 aliphatic carbocycles. The SMILES string of the molecule is C#CCOc1ccc(Br)cc1/C=N/NCc1c(Cl)cccc1Cl. The molecule has 0 atom stereocenters. The van der Waals surface area contributed by atoms with Gasteiger partial charge in [-0.15, -0.1) is 6.42 Å². The average molecular weight is 412 g/mol. The van der Waals surface area contributed by atoms with Crippen LogP contribution in [0.25, 0.3) is 0 Å². The Morgan fingerprint density at radius 2 is 2.00 bits per heavy atom. The molecule has 0 aliphatic heterocycles. The molecule has 0 aliphatic rings. The van der Waals surface area contributed by atoms with Crippen molar-refractivity contribution in [3.05, 3.63) is 62.0 Å². The van der Waals surface area contributed by atoms with E-state index in [-0.39, 0.29) is 6.61 Å².